The van der Waals surface area contributed by atoms with Crippen molar-refractivity contribution in [3.05, 3.63) is 36.3 Å². The van der Waals surface area contributed by atoms with Crippen molar-refractivity contribution in [3.8, 4) is 17.3 Å². The highest BCUT2D eigenvalue weighted by molar-refractivity contribution is 7.90. The molecule has 2 aromatic rings. The summed E-state index contributed by atoms with van der Waals surface area (Å²) in [6, 6.07) is 3.59. The Hall–Kier alpha value is -1.66. The van der Waals surface area contributed by atoms with Crippen molar-refractivity contribution in [1.29, 1.82) is 0 Å². The summed E-state index contributed by atoms with van der Waals surface area (Å²) in [4.78, 5) is 12.7. The predicted molar refractivity (Wildman–Crippen MR) is 69.8 cm³/mol. The van der Waals surface area contributed by atoms with E-state index in [1.54, 1.807) is 30.7 Å². The number of hydrogen-bond acceptors (Lipinski definition) is 6. The lowest BCUT2D eigenvalue weighted by molar-refractivity contribution is 0.369. The Balaban J connectivity index is 2.23. The largest absolute Gasteiger partial charge is 0.398 e. The molecule has 2 heterocycles. The van der Waals surface area contributed by atoms with Crippen molar-refractivity contribution in [1.82, 2.24) is 15.0 Å². The Kier molecular flexibility index (Phi) is 4.49. The summed E-state index contributed by atoms with van der Waals surface area (Å²) in [7, 11) is 0. The summed E-state index contributed by atoms with van der Waals surface area (Å²) in [5.41, 5.74) is 1.60. The number of hydrogen-bond donors (Lipinski definition) is 0. The standard InChI is InChI=1S/C12H13N3O2S/c1-3-16-18-17-10-5-4-6-13-11(10)12-14-7-9(2)8-15-12/h4-8H,3H2,1-2H3. The van der Waals surface area contributed by atoms with E-state index in [1.807, 2.05) is 13.8 Å². The van der Waals surface area contributed by atoms with Crippen LogP contribution in [0.5, 0.6) is 5.75 Å². The molecule has 2 rings (SSSR count). The van der Waals surface area contributed by atoms with Gasteiger partial charge in [-0.25, -0.2) is 15.0 Å². The van der Waals surface area contributed by atoms with Gasteiger partial charge in [0.15, 0.2) is 17.3 Å². The molecule has 0 aliphatic carbocycles. The van der Waals surface area contributed by atoms with Gasteiger partial charge in [0.2, 0.25) is 12.3 Å². The molecule has 0 atom stereocenters. The fourth-order valence-electron chi connectivity index (χ4n) is 1.25. The van der Waals surface area contributed by atoms with E-state index in [9.17, 15) is 0 Å². The Morgan fingerprint density at radius 3 is 2.72 bits per heavy atom. The van der Waals surface area contributed by atoms with E-state index < -0.39 is 0 Å². The van der Waals surface area contributed by atoms with Crippen molar-refractivity contribution in [2.45, 2.75) is 13.8 Å². The van der Waals surface area contributed by atoms with Gasteiger partial charge in [0, 0.05) is 18.6 Å². The second-order valence-electron chi connectivity index (χ2n) is 3.49. The van der Waals surface area contributed by atoms with Crippen LogP contribution in [-0.2, 0) is 4.18 Å². The minimum absolute atomic E-state index is 0.535. The van der Waals surface area contributed by atoms with E-state index in [1.165, 1.54) is 0 Å². The van der Waals surface area contributed by atoms with Gasteiger partial charge < -0.3 is 4.18 Å². The first-order valence-corrected chi connectivity index (χ1v) is 6.18. The van der Waals surface area contributed by atoms with Crippen LogP contribution in [0.4, 0.5) is 0 Å². The summed E-state index contributed by atoms with van der Waals surface area (Å²) in [5.74, 6) is 1.12. The molecule has 0 amide bonds. The molecule has 0 spiro atoms. The molecule has 0 N–H and O–H groups in total. The molecule has 0 radical (unpaired) electrons. The van der Waals surface area contributed by atoms with Gasteiger partial charge >= 0.3 is 0 Å². The van der Waals surface area contributed by atoms with Gasteiger partial charge in [-0.2, -0.15) is 0 Å². The lowest BCUT2D eigenvalue weighted by Gasteiger charge is -2.06. The molecule has 18 heavy (non-hydrogen) atoms. The molecule has 0 unspecified atom stereocenters. The average Bonchev–Trinajstić information content (AvgIpc) is 2.41. The highest BCUT2D eigenvalue weighted by Gasteiger charge is 2.10. The summed E-state index contributed by atoms with van der Waals surface area (Å²) in [6.07, 6.45) is 5.17. The molecule has 2 aromatic heterocycles. The lowest BCUT2D eigenvalue weighted by atomic mass is 10.3. The number of aromatic nitrogens is 3. The molecule has 0 aromatic carbocycles. The second kappa shape index (κ2) is 6.32. The molecule has 0 aliphatic heterocycles. The topological polar surface area (TPSA) is 57.1 Å². The van der Waals surface area contributed by atoms with Crippen molar-refractivity contribution < 1.29 is 8.37 Å². The van der Waals surface area contributed by atoms with Crippen LogP contribution in [0.25, 0.3) is 11.5 Å². The zero-order chi connectivity index (χ0) is 12.8. The quantitative estimate of drug-likeness (QED) is 0.610. The van der Waals surface area contributed by atoms with Crippen molar-refractivity contribution in [2.75, 3.05) is 6.61 Å². The molecule has 94 valence electrons. The van der Waals surface area contributed by atoms with Crippen LogP contribution in [0.3, 0.4) is 0 Å². The maximum atomic E-state index is 5.41. The van der Waals surface area contributed by atoms with Gasteiger partial charge in [0.25, 0.3) is 0 Å². The van der Waals surface area contributed by atoms with Crippen LogP contribution in [0.2, 0.25) is 0 Å². The Morgan fingerprint density at radius 2 is 2.00 bits per heavy atom. The molecule has 0 bridgehead atoms. The average molecular weight is 263 g/mol. The monoisotopic (exact) mass is 263 g/mol. The zero-order valence-corrected chi connectivity index (χ0v) is 11.0. The Morgan fingerprint density at radius 1 is 1.22 bits per heavy atom. The van der Waals surface area contributed by atoms with E-state index in [0.717, 1.165) is 17.9 Å². The van der Waals surface area contributed by atoms with Crippen LogP contribution >= 0.6 is 12.3 Å². The summed E-state index contributed by atoms with van der Waals surface area (Å²) < 4.78 is 10.5. The van der Waals surface area contributed by atoms with Crippen molar-refractivity contribution in [2.24, 2.45) is 0 Å². The third-order valence-corrected chi connectivity index (χ3v) is 2.63. The normalized spacial score (nSPS) is 10.3. The van der Waals surface area contributed by atoms with Gasteiger partial charge in [0.1, 0.15) is 0 Å². The zero-order valence-electron chi connectivity index (χ0n) is 10.2. The van der Waals surface area contributed by atoms with Gasteiger partial charge in [0.05, 0.1) is 6.61 Å². The van der Waals surface area contributed by atoms with Gasteiger partial charge in [-0.3, -0.25) is 4.18 Å². The highest BCUT2D eigenvalue weighted by Crippen LogP contribution is 2.27. The van der Waals surface area contributed by atoms with Gasteiger partial charge in [-0.1, -0.05) is 0 Å². The van der Waals surface area contributed by atoms with Gasteiger partial charge in [-0.15, -0.1) is 0 Å². The van der Waals surface area contributed by atoms with Crippen LogP contribution in [-0.4, -0.2) is 21.6 Å². The fraction of sp³-hybridized carbons (Fsp3) is 0.250. The molecule has 0 fully saturated rings. The minimum atomic E-state index is 0.535. The van der Waals surface area contributed by atoms with Crippen molar-refractivity contribution >= 4 is 12.3 Å². The first kappa shape index (κ1) is 12.8. The van der Waals surface area contributed by atoms with Crippen LogP contribution < -0.4 is 4.18 Å². The first-order chi connectivity index (χ1) is 8.81. The number of aryl methyl sites for hydroxylation is 1. The SMILES string of the molecule is CCOSOc1cccnc1-c1ncc(C)cn1. The number of nitrogens with zero attached hydrogens (tertiary/aromatic N) is 3. The van der Waals surface area contributed by atoms with E-state index in [4.69, 9.17) is 8.37 Å². The maximum Gasteiger partial charge on any atom is 0.225 e. The molecular weight excluding hydrogens is 250 g/mol. The maximum absolute atomic E-state index is 5.41. The second-order valence-corrected chi connectivity index (χ2v) is 4.03. The molecule has 5 nitrogen and oxygen atoms in total. The third kappa shape index (κ3) is 3.18. The summed E-state index contributed by atoms with van der Waals surface area (Å²) >= 11 is 0.923. The first-order valence-electron chi connectivity index (χ1n) is 5.51. The minimum Gasteiger partial charge on any atom is -0.398 e. The predicted octanol–water partition coefficient (Wildman–Crippen LogP) is 2.83. The smallest absolute Gasteiger partial charge is 0.225 e. The summed E-state index contributed by atoms with van der Waals surface area (Å²) in [5, 5.41) is 0. The van der Waals surface area contributed by atoms with Crippen molar-refractivity contribution in [3.63, 3.8) is 0 Å². The lowest BCUT2D eigenvalue weighted by Crippen LogP contribution is -1.95. The molecule has 0 aliphatic rings. The molecular formula is C12H13N3O2S. The van der Waals surface area contributed by atoms with E-state index in [0.29, 0.717) is 23.9 Å². The van der Waals surface area contributed by atoms with E-state index in [-0.39, 0.29) is 0 Å². The van der Waals surface area contributed by atoms with Gasteiger partial charge in [-0.05, 0) is 31.5 Å². The number of rotatable bonds is 5. The van der Waals surface area contributed by atoms with Crippen LogP contribution in [0.1, 0.15) is 12.5 Å². The highest BCUT2D eigenvalue weighted by atomic mass is 32.2. The Labute approximate surface area is 110 Å². The van der Waals surface area contributed by atoms with Crippen LogP contribution in [0, 0.1) is 6.92 Å². The Bertz CT molecular complexity index is 505. The number of pyridine rings is 1. The van der Waals surface area contributed by atoms with E-state index >= 15 is 0 Å². The summed E-state index contributed by atoms with van der Waals surface area (Å²) in [6.45, 7) is 4.40. The molecule has 0 saturated carbocycles. The third-order valence-electron chi connectivity index (χ3n) is 2.05. The fourth-order valence-corrected chi connectivity index (χ4v) is 1.60. The van der Waals surface area contributed by atoms with Crippen LogP contribution in [0.15, 0.2) is 30.7 Å². The van der Waals surface area contributed by atoms with E-state index in [2.05, 4.69) is 15.0 Å². The molecule has 6 heteroatoms. The molecule has 0 saturated heterocycles.